The van der Waals surface area contributed by atoms with Crippen LogP contribution in [0.4, 0.5) is 5.69 Å². The Morgan fingerprint density at radius 2 is 1.84 bits per heavy atom. The molecule has 1 aliphatic rings. The highest BCUT2D eigenvalue weighted by Crippen LogP contribution is 2.26. The van der Waals surface area contributed by atoms with Crippen LogP contribution in [0.3, 0.4) is 0 Å². The van der Waals surface area contributed by atoms with Crippen molar-refractivity contribution in [1.82, 2.24) is 14.5 Å². The fraction of sp³-hybridized carbons (Fsp3) is 0.346. The number of carbonyl (C=O) groups is 1. The van der Waals surface area contributed by atoms with Gasteiger partial charge in [0.05, 0.1) is 12.9 Å². The van der Waals surface area contributed by atoms with Gasteiger partial charge in [0.1, 0.15) is 0 Å². The first kappa shape index (κ1) is 22.3. The van der Waals surface area contributed by atoms with Crippen molar-refractivity contribution in [1.29, 1.82) is 0 Å². The summed E-state index contributed by atoms with van der Waals surface area (Å²) in [6, 6.07) is 17.9. The number of hydrogen-bond donors (Lipinski definition) is 0. The van der Waals surface area contributed by atoms with Crippen LogP contribution in [0.1, 0.15) is 43.5 Å². The largest absolute Gasteiger partial charge is 0.338 e. The summed E-state index contributed by atoms with van der Waals surface area (Å²) in [4.78, 5) is 22.6. The molecule has 5 nitrogen and oxygen atoms in total. The molecule has 0 saturated carbocycles. The Balaban J connectivity index is 0.00000132. The number of rotatable bonds is 7. The molecule has 4 rings (SSSR count). The number of aryl methyl sites for hydroxylation is 1. The first-order valence-corrected chi connectivity index (χ1v) is 11.0. The predicted molar refractivity (Wildman–Crippen MR) is 124 cm³/mol. The van der Waals surface area contributed by atoms with Gasteiger partial charge in [0.2, 0.25) is 5.91 Å². The van der Waals surface area contributed by atoms with Gasteiger partial charge < -0.3 is 9.47 Å². The molecule has 160 valence electrons. The van der Waals surface area contributed by atoms with Gasteiger partial charge in [-0.2, -0.15) is 0 Å². The number of benzene rings is 2. The van der Waals surface area contributed by atoms with Crippen molar-refractivity contribution < 1.29 is 4.79 Å². The highest BCUT2D eigenvalue weighted by molar-refractivity contribution is 5.80. The molecule has 0 aliphatic carbocycles. The summed E-state index contributed by atoms with van der Waals surface area (Å²) >= 11 is 0. The Labute approximate surface area is 185 Å². The number of likely N-dealkylation sites (tertiary alicyclic amines) is 1. The lowest BCUT2D eigenvalue weighted by Gasteiger charge is -2.17. The van der Waals surface area contributed by atoms with Crippen LogP contribution in [0, 0.1) is 12.5 Å². The second kappa shape index (κ2) is 11.1. The molecule has 1 aromatic heterocycles. The second-order valence-corrected chi connectivity index (χ2v) is 7.56. The molecule has 1 amide bonds. The summed E-state index contributed by atoms with van der Waals surface area (Å²) in [5.41, 5.74) is 4.06. The molecule has 0 radical (unpaired) electrons. The minimum Gasteiger partial charge on any atom is -0.338 e. The average molecular weight is 415 g/mol. The minimum absolute atomic E-state index is 0.0686. The van der Waals surface area contributed by atoms with E-state index in [9.17, 15) is 4.79 Å². The summed E-state index contributed by atoms with van der Waals surface area (Å²) < 4.78 is 2.17. The zero-order valence-electron chi connectivity index (χ0n) is 18.4. The van der Waals surface area contributed by atoms with Crippen molar-refractivity contribution in [3.05, 3.63) is 95.4 Å². The van der Waals surface area contributed by atoms with Crippen LogP contribution in [0.15, 0.2) is 67.1 Å². The highest BCUT2D eigenvalue weighted by atomic mass is 16.2. The smallest absolute Gasteiger partial charge is 0.226 e. The minimum atomic E-state index is 0.0686. The second-order valence-electron chi connectivity index (χ2n) is 7.56. The van der Waals surface area contributed by atoms with E-state index in [1.165, 1.54) is 11.3 Å². The Morgan fingerprint density at radius 3 is 2.61 bits per heavy atom. The van der Waals surface area contributed by atoms with Gasteiger partial charge in [-0.25, -0.2) is 9.83 Å². The average Bonchev–Trinajstić information content (AvgIpc) is 3.40. The van der Waals surface area contributed by atoms with E-state index in [1.807, 2.05) is 67.7 Å². The van der Waals surface area contributed by atoms with Crippen molar-refractivity contribution in [2.45, 2.75) is 46.2 Å². The maximum Gasteiger partial charge on any atom is 0.226 e. The van der Waals surface area contributed by atoms with Gasteiger partial charge in [0.25, 0.3) is 0 Å². The first-order valence-electron chi connectivity index (χ1n) is 11.0. The van der Waals surface area contributed by atoms with Crippen molar-refractivity contribution in [3.63, 3.8) is 0 Å². The predicted octanol–water partition coefficient (Wildman–Crippen LogP) is 5.49. The van der Waals surface area contributed by atoms with Gasteiger partial charge in [-0.3, -0.25) is 4.79 Å². The monoisotopic (exact) mass is 414 g/mol. The molecule has 1 aliphatic heterocycles. The van der Waals surface area contributed by atoms with E-state index in [4.69, 9.17) is 6.57 Å². The molecule has 1 atom stereocenters. The Morgan fingerprint density at radius 1 is 1.06 bits per heavy atom. The number of amides is 1. The molecule has 0 unspecified atom stereocenters. The molecule has 2 heterocycles. The van der Waals surface area contributed by atoms with Crippen LogP contribution < -0.4 is 0 Å². The normalized spacial score (nSPS) is 15.3. The lowest BCUT2D eigenvalue weighted by molar-refractivity contribution is -0.131. The first-order chi connectivity index (χ1) is 15.2. The number of hydrogen-bond acceptors (Lipinski definition) is 2. The number of aromatic nitrogens is 2. The zero-order chi connectivity index (χ0) is 22.1. The third-order valence-corrected chi connectivity index (χ3v) is 5.56. The lowest BCUT2D eigenvalue weighted by Crippen LogP contribution is -2.27. The Kier molecular flexibility index (Phi) is 8.00. The summed E-state index contributed by atoms with van der Waals surface area (Å²) in [7, 11) is 0. The molecule has 5 heteroatoms. The topological polar surface area (TPSA) is 42.5 Å². The zero-order valence-corrected chi connectivity index (χ0v) is 18.4. The van der Waals surface area contributed by atoms with Crippen LogP contribution >= 0.6 is 0 Å². The standard InChI is InChI=1S/C24H24N4O.C2H6/c1-25-22-9-5-8-20(14-22)17-27-13-12-21(24(27)29)10-11-23-15-26-18-28(23)16-19-6-3-2-4-7-19;1-2/h2-9,14-15,18,21H,10-13,16-17H2;1-2H3/t21-;/m0./s1. The summed E-state index contributed by atoms with van der Waals surface area (Å²) in [6.45, 7) is 13.3. The van der Waals surface area contributed by atoms with Gasteiger partial charge in [0, 0.05) is 37.4 Å². The van der Waals surface area contributed by atoms with Gasteiger partial charge >= 0.3 is 0 Å². The summed E-state index contributed by atoms with van der Waals surface area (Å²) in [6.07, 6.45) is 6.38. The van der Waals surface area contributed by atoms with Gasteiger partial charge in [0.15, 0.2) is 5.69 Å². The van der Waals surface area contributed by atoms with E-state index in [-0.39, 0.29) is 11.8 Å². The van der Waals surface area contributed by atoms with Gasteiger partial charge in [-0.1, -0.05) is 68.4 Å². The highest BCUT2D eigenvalue weighted by Gasteiger charge is 2.31. The van der Waals surface area contributed by atoms with Crippen LogP contribution in [0.25, 0.3) is 4.85 Å². The molecular weight excluding hydrogens is 384 g/mol. The lowest BCUT2D eigenvalue weighted by atomic mass is 10.0. The molecule has 1 saturated heterocycles. The molecule has 31 heavy (non-hydrogen) atoms. The van der Waals surface area contributed by atoms with Crippen molar-refractivity contribution in [2.24, 2.45) is 5.92 Å². The Bertz CT molecular complexity index is 1020. The summed E-state index contributed by atoms with van der Waals surface area (Å²) in [5.74, 6) is 0.298. The van der Waals surface area contributed by atoms with Crippen LogP contribution in [0.5, 0.6) is 0 Å². The number of imidazole rings is 1. The molecular formula is C26H30N4O. The van der Waals surface area contributed by atoms with Crippen molar-refractivity contribution >= 4 is 11.6 Å². The van der Waals surface area contributed by atoms with E-state index in [2.05, 4.69) is 26.5 Å². The third kappa shape index (κ3) is 5.82. The SMILES string of the molecule is CC.[C-]#[N+]c1cccc(CN2CC[C@H](CCc3cncn3Cc3ccccc3)C2=O)c1. The van der Waals surface area contributed by atoms with E-state index in [0.29, 0.717) is 12.2 Å². The number of carbonyl (C=O) groups excluding carboxylic acids is 1. The molecule has 2 aromatic carbocycles. The Hall–Kier alpha value is -3.39. The van der Waals surface area contributed by atoms with E-state index in [1.54, 1.807) is 6.07 Å². The fourth-order valence-corrected chi connectivity index (χ4v) is 3.97. The quantitative estimate of drug-likeness (QED) is 0.480. The van der Waals surface area contributed by atoms with Gasteiger partial charge in [-0.05, 0) is 30.4 Å². The van der Waals surface area contributed by atoms with Gasteiger partial charge in [-0.15, -0.1) is 0 Å². The van der Waals surface area contributed by atoms with E-state index in [0.717, 1.165) is 37.9 Å². The van der Waals surface area contributed by atoms with Crippen LogP contribution in [-0.4, -0.2) is 26.9 Å². The van der Waals surface area contributed by atoms with E-state index >= 15 is 0 Å². The molecule has 0 bridgehead atoms. The van der Waals surface area contributed by atoms with E-state index < -0.39 is 0 Å². The molecule has 1 fully saturated rings. The summed E-state index contributed by atoms with van der Waals surface area (Å²) in [5, 5.41) is 0. The third-order valence-electron chi connectivity index (χ3n) is 5.56. The molecule has 0 N–H and O–H groups in total. The molecule has 0 spiro atoms. The maximum absolute atomic E-state index is 12.8. The van der Waals surface area contributed by atoms with Crippen LogP contribution in [0.2, 0.25) is 0 Å². The molecule has 3 aromatic rings. The van der Waals surface area contributed by atoms with Crippen molar-refractivity contribution in [3.8, 4) is 0 Å². The fourth-order valence-electron chi connectivity index (χ4n) is 3.97. The maximum atomic E-state index is 12.8. The van der Waals surface area contributed by atoms with Crippen LogP contribution in [-0.2, 0) is 24.3 Å². The van der Waals surface area contributed by atoms with Crippen molar-refractivity contribution in [2.75, 3.05) is 6.54 Å². The number of nitrogens with zero attached hydrogens (tertiary/aromatic N) is 4.